The molecule has 156 valence electrons. The molecule has 0 N–H and O–H groups in total. The van der Waals surface area contributed by atoms with Gasteiger partial charge in [0.15, 0.2) is 18.1 Å². The molecule has 2 aliphatic rings. The minimum absolute atomic E-state index is 0.0458. The molecule has 4 rings (SSSR count). The van der Waals surface area contributed by atoms with Gasteiger partial charge in [-0.05, 0) is 58.6 Å². The van der Waals surface area contributed by atoms with Crippen LogP contribution in [0.1, 0.15) is 43.6 Å². The minimum Gasteiger partial charge on any atom is -0.483 e. The van der Waals surface area contributed by atoms with Crippen LogP contribution >= 0.6 is 0 Å². The van der Waals surface area contributed by atoms with Crippen molar-refractivity contribution < 1.29 is 14.3 Å². The van der Waals surface area contributed by atoms with Crippen LogP contribution in [0.5, 0.6) is 11.5 Å². The van der Waals surface area contributed by atoms with Crippen molar-refractivity contribution in [1.29, 1.82) is 0 Å². The highest BCUT2D eigenvalue weighted by atomic mass is 16.5. The molecule has 1 amide bonds. The number of rotatable bonds is 5. The number of piperidine rings is 1. The summed E-state index contributed by atoms with van der Waals surface area (Å²) in [6.07, 6.45) is 2.86. The molecule has 3 heterocycles. The third-order valence-electron chi connectivity index (χ3n) is 5.91. The van der Waals surface area contributed by atoms with Crippen molar-refractivity contribution >= 4 is 5.91 Å². The molecular formula is C23H31N3O3. The fourth-order valence-corrected chi connectivity index (χ4v) is 4.40. The number of ether oxygens (including phenoxy) is 2. The van der Waals surface area contributed by atoms with Gasteiger partial charge in [-0.25, -0.2) is 0 Å². The molecule has 0 atom stereocenters. The van der Waals surface area contributed by atoms with E-state index in [2.05, 4.69) is 42.7 Å². The van der Waals surface area contributed by atoms with Crippen LogP contribution < -0.4 is 9.47 Å². The van der Waals surface area contributed by atoms with Gasteiger partial charge in [-0.2, -0.15) is 5.10 Å². The number of fused-ring (bicyclic) bond motifs is 1. The zero-order chi connectivity index (χ0) is 20.6. The van der Waals surface area contributed by atoms with Gasteiger partial charge in [0.2, 0.25) is 0 Å². The van der Waals surface area contributed by atoms with E-state index in [1.165, 1.54) is 5.69 Å². The van der Waals surface area contributed by atoms with Crippen LogP contribution in [0.15, 0.2) is 24.3 Å². The van der Waals surface area contributed by atoms with Gasteiger partial charge in [0.25, 0.3) is 5.91 Å². The molecule has 6 nitrogen and oxygen atoms in total. The highest BCUT2D eigenvalue weighted by Crippen LogP contribution is 2.41. The summed E-state index contributed by atoms with van der Waals surface area (Å²) in [5, 5.41) is 4.56. The first-order valence-electron chi connectivity index (χ1n) is 10.5. The average molecular weight is 398 g/mol. The molecule has 0 saturated carbocycles. The van der Waals surface area contributed by atoms with Crippen LogP contribution in [0, 0.1) is 19.8 Å². The lowest BCUT2D eigenvalue weighted by Crippen LogP contribution is -2.41. The lowest BCUT2D eigenvalue weighted by atomic mass is 9.97. The molecule has 6 heteroatoms. The van der Waals surface area contributed by atoms with Gasteiger partial charge < -0.3 is 14.4 Å². The number of hydrogen-bond acceptors (Lipinski definition) is 4. The van der Waals surface area contributed by atoms with Crippen LogP contribution in [0.3, 0.4) is 0 Å². The van der Waals surface area contributed by atoms with E-state index >= 15 is 0 Å². The van der Waals surface area contributed by atoms with E-state index in [9.17, 15) is 4.79 Å². The molecule has 1 fully saturated rings. The molecule has 1 aromatic carbocycles. The van der Waals surface area contributed by atoms with Crippen LogP contribution in [0.4, 0.5) is 0 Å². The lowest BCUT2D eigenvalue weighted by Gasteiger charge is -2.32. The largest absolute Gasteiger partial charge is 0.483 e. The Morgan fingerprint density at radius 2 is 2.03 bits per heavy atom. The molecule has 1 aromatic heterocycles. The SMILES string of the molecule is Cc1cc(C)n(CC2CCN(C(=O)COc3cccc4c3OC(C)(C)C4)CC2)n1. The molecule has 0 aliphatic carbocycles. The second-order valence-electron chi connectivity index (χ2n) is 9.00. The molecule has 2 aliphatic heterocycles. The Hall–Kier alpha value is -2.50. The zero-order valence-electron chi connectivity index (χ0n) is 17.9. The van der Waals surface area contributed by atoms with E-state index in [0.717, 1.165) is 55.9 Å². The summed E-state index contributed by atoms with van der Waals surface area (Å²) >= 11 is 0. The normalized spacial score (nSPS) is 18.4. The Labute approximate surface area is 172 Å². The molecule has 0 spiro atoms. The van der Waals surface area contributed by atoms with Crippen molar-refractivity contribution in [3.05, 3.63) is 41.2 Å². The highest BCUT2D eigenvalue weighted by molar-refractivity contribution is 5.78. The first-order chi connectivity index (χ1) is 13.8. The van der Waals surface area contributed by atoms with Gasteiger partial charge in [-0.3, -0.25) is 9.48 Å². The van der Waals surface area contributed by atoms with Crippen LogP contribution in [-0.4, -0.2) is 45.9 Å². The van der Waals surface area contributed by atoms with Gasteiger partial charge in [0.05, 0.1) is 5.69 Å². The predicted molar refractivity (Wildman–Crippen MR) is 111 cm³/mol. The van der Waals surface area contributed by atoms with E-state index < -0.39 is 0 Å². The number of aromatic nitrogens is 2. The van der Waals surface area contributed by atoms with Crippen LogP contribution in [-0.2, 0) is 17.8 Å². The van der Waals surface area contributed by atoms with Crippen molar-refractivity contribution in [2.45, 2.75) is 59.1 Å². The fourth-order valence-electron chi connectivity index (χ4n) is 4.40. The summed E-state index contributed by atoms with van der Waals surface area (Å²) in [6.45, 7) is 10.8. The third kappa shape index (κ3) is 4.41. The van der Waals surface area contributed by atoms with Crippen molar-refractivity contribution in [1.82, 2.24) is 14.7 Å². The first kappa shape index (κ1) is 19.8. The summed E-state index contributed by atoms with van der Waals surface area (Å²) in [4.78, 5) is 14.6. The second kappa shape index (κ2) is 7.73. The van der Waals surface area contributed by atoms with Crippen LogP contribution in [0.2, 0.25) is 0 Å². The minimum atomic E-state index is -0.223. The van der Waals surface area contributed by atoms with Crippen molar-refractivity contribution in [2.24, 2.45) is 5.92 Å². The molecule has 0 bridgehead atoms. The first-order valence-corrected chi connectivity index (χ1v) is 10.5. The van der Waals surface area contributed by atoms with E-state index in [0.29, 0.717) is 11.7 Å². The van der Waals surface area contributed by atoms with Gasteiger partial charge in [0.1, 0.15) is 5.60 Å². The molecule has 29 heavy (non-hydrogen) atoms. The second-order valence-corrected chi connectivity index (χ2v) is 9.00. The number of nitrogens with zero attached hydrogens (tertiary/aromatic N) is 3. The van der Waals surface area contributed by atoms with Gasteiger partial charge in [0, 0.05) is 37.3 Å². The van der Waals surface area contributed by atoms with Gasteiger partial charge >= 0.3 is 0 Å². The summed E-state index contributed by atoms with van der Waals surface area (Å²) in [7, 11) is 0. The third-order valence-corrected chi connectivity index (χ3v) is 5.91. The number of aryl methyl sites for hydroxylation is 2. The van der Waals surface area contributed by atoms with Crippen molar-refractivity contribution in [3.8, 4) is 11.5 Å². The van der Waals surface area contributed by atoms with Crippen LogP contribution in [0.25, 0.3) is 0 Å². The maximum Gasteiger partial charge on any atom is 0.260 e. The summed E-state index contributed by atoms with van der Waals surface area (Å²) in [6, 6.07) is 8.02. The Kier molecular flexibility index (Phi) is 5.28. The van der Waals surface area contributed by atoms with Gasteiger partial charge in [-0.15, -0.1) is 0 Å². The lowest BCUT2D eigenvalue weighted by molar-refractivity contribution is -0.134. The maximum absolute atomic E-state index is 12.7. The highest BCUT2D eigenvalue weighted by Gasteiger charge is 2.32. The van der Waals surface area contributed by atoms with Gasteiger partial charge in [-0.1, -0.05) is 12.1 Å². The molecule has 1 saturated heterocycles. The summed E-state index contributed by atoms with van der Waals surface area (Å²) < 4.78 is 14.0. The van der Waals surface area contributed by atoms with E-state index in [-0.39, 0.29) is 18.1 Å². The molecule has 2 aromatic rings. The topological polar surface area (TPSA) is 56.6 Å². The smallest absolute Gasteiger partial charge is 0.260 e. The molecular weight excluding hydrogens is 366 g/mol. The number of para-hydroxylation sites is 1. The molecule has 0 unspecified atom stereocenters. The number of amides is 1. The van der Waals surface area contributed by atoms with E-state index in [1.807, 2.05) is 24.0 Å². The predicted octanol–water partition coefficient (Wildman–Crippen LogP) is 3.53. The van der Waals surface area contributed by atoms with Crippen molar-refractivity contribution in [3.63, 3.8) is 0 Å². The Morgan fingerprint density at radius 1 is 1.28 bits per heavy atom. The Bertz CT molecular complexity index is 895. The quantitative estimate of drug-likeness (QED) is 0.775. The number of benzene rings is 1. The number of likely N-dealkylation sites (tertiary alicyclic amines) is 1. The average Bonchev–Trinajstić information content (AvgIpc) is 3.16. The Balaban J connectivity index is 1.28. The molecule has 0 radical (unpaired) electrons. The summed E-state index contributed by atoms with van der Waals surface area (Å²) in [5.74, 6) is 2.06. The summed E-state index contributed by atoms with van der Waals surface area (Å²) in [5.41, 5.74) is 3.19. The fraction of sp³-hybridized carbons (Fsp3) is 0.565. The standard InChI is InChI=1S/C23H31N3O3/c1-16-12-17(2)26(24-16)14-18-8-10-25(11-9-18)21(27)15-28-20-7-5-6-19-13-23(3,4)29-22(19)20/h5-7,12,18H,8-11,13-15H2,1-4H3. The number of carbonyl (C=O) groups is 1. The number of hydrogen-bond donors (Lipinski definition) is 0. The Morgan fingerprint density at radius 3 is 2.72 bits per heavy atom. The van der Waals surface area contributed by atoms with E-state index in [4.69, 9.17) is 9.47 Å². The monoisotopic (exact) mass is 397 g/mol. The van der Waals surface area contributed by atoms with Crippen molar-refractivity contribution in [2.75, 3.05) is 19.7 Å². The maximum atomic E-state index is 12.7. The number of carbonyl (C=O) groups excluding carboxylic acids is 1. The van der Waals surface area contributed by atoms with E-state index in [1.54, 1.807) is 0 Å². The zero-order valence-corrected chi connectivity index (χ0v) is 17.9.